The predicted octanol–water partition coefficient (Wildman–Crippen LogP) is 4.66. The highest BCUT2D eigenvalue weighted by Crippen LogP contribution is 2.29. The van der Waals surface area contributed by atoms with E-state index in [9.17, 15) is 22.8 Å². The van der Waals surface area contributed by atoms with E-state index in [0.29, 0.717) is 22.1 Å². The zero-order valence-corrected chi connectivity index (χ0v) is 15.0. The van der Waals surface area contributed by atoms with Crippen LogP contribution in [0.15, 0.2) is 35.2 Å². The number of nitrogens with one attached hydrogen (secondary N) is 1. The van der Waals surface area contributed by atoms with Gasteiger partial charge in [-0.3, -0.25) is 9.59 Å². The zero-order chi connectivity index (χ0) is 19.3. The van der Waals surface area contributed by atoms with Gasteiger partial charge in [-0.2, -0.15) is 0 Å². The van der Waals surface area contributed by atoms with E-state index in [0.717, 1.165) is 11.8 Å². The second kappa shape index (κ2) is 8.95. The van der Waals surface area contributed by atoms with Gasteiger partial charge in [-0.05, 0) is 25.1 Å². The van der Waals surface area contributed by atoms with Crippen LogP contribution in [0.5, 0.6) is 0 Å². The standard InChI is InChI=1S/C17H13ClF3NO3S/c1-2-25-15(23)8-26-14-5-9(3-4-11(14)18)17(24)22-10-6-12(19)16(21)13(20)7-10/h3-7H,2,8H2,1H3,(H,22,24). The topological polar surface area (TPSA) is 55.4 Å². The molecule has 0 fully saturated rings. The van der Waals surface area contributed by atoms with Gasteiger partial charge < -0.3 is 10.1 Å². The Morgan fingerprint density at radius 3 is 2.42 bits per heavy atom. The minimum absolute atomic E-state index is 0.00696. The average molecular weight is 404 g/mol. The Kier molecular flexibility index (Phi) is 6.93. The molecule has 9 heteroatoms. The maximum absolute atomic E-state index is 13.2. The molecule has 0 heterocycles. The molecular weight excluding hydrogens is 391 g/mol. The average Bonchev–Trinajstić information content (AvgIpc) is 2.59. The van der Waals surface area contributed by atoms with Crippen molar-refractivity contribution in [1.82, 2.24) is 0 Å². The predicted molar refractivity (Wildman–Crippen MR) is 93.1 cm³/mol. The van der Waals surface area contributed by atoms with Crippen molar-refractivity contribution < 1.29 is 27.5 Å². The van der Waals surface area contributed by atoms with E-state index in [4.69, 9.17) is 16.3 Å². The molecule has 1 amide bonds. The van der Waals surface area contributed by atoms with Gasteiger partial charge in [0.15, 0.2) is 17.5 Å². The number of rotatable bonds is 6. The maximum atomic E-state index is 13.2. The third-order valence-corrected chi connectivity index (χ3v) is 4.56. The summed E-state index contributed by atoms with van der Waals surface area (Å²) in [6, 6.07) is 5.63. The lowest BCUT2D eigenvalue weighted by molar-refractivity contribution is -0.139. The highest BCUT2D eigenvalue weighted by molar-refractivity contribution is 8.00. The first-order valence-corrected chi connectivity index (χ1v) is 8.72. The summed E-state index contributed by atoms with van der Waals surface area (Å²) >= 11 is 7.12. The quantitative estimate of drug-likeness (QED) is 0.433. The Labute approximate surface area is 156 Å². The van der Waals surface area contributed by atoms with Gasteiger partial charge in [-0.25, -0.2) is 13.2 Å². The summed E-state index contributed by atoms with van der Waals surface area (Å²) < 4.78 is 44.2. The molecule has 0 bridgehead atoms. The molecule has 0 aliphatic heterocycles. The Bertz CT molecular complexity index is 825. The molecule has 26 heavy (non-hydrogen) atoms. The number of thioether (sulfide) groups is 1. The van der Waals surface area contributed by atoms with Crippen molar-refractivity contribution in [3.05, 3.63) is 58.4 Å². The van der Waals surface area contributed by atoms with E-state index in [-0.39, 0.29) is 23.6 Å². The van der Waals surface area contributed by atoms with Crippen molar-refractivity contribution in [2.45, 2.75) is 11.8 Å². The lowest BCUT2D eigenvalue weighted by Gasteiger charge is -2.09. The number of hydrogen-bond donors (Lipinski definition) is 1. The second-order valence-electron chi connectivity index (χ2n) is 4.95. The largest absolute Gasteiger partial charge is 0.465 e. The van der Waals surface area contributed by atoms with Crippen LogP contribution < -0.4 is 5.32 Å². The number of amides is 1. The van der Waals surface area contributed by atoms with E-state index in [1.807, 2.05) is 0 Å². The molecule has 2 aromatic rings. The summed E-state index contributed by atoms with van der Waals surface area (Å²) in [5.41, 5.74) is -0.0898. The van der Waals surface area contributed by atoms with E-state index in [1.165, 1.54) is 18.2 Å². The van der Waals surface area contributed by atoms with Gasteiger partial charge in [0.05, 0.1) is 17.4 Å². The molecule has 0 aliphatic carbocycles. The molecular formula is C17H13ClF3NO3S. The van der Waals surface area contributed by atoms with Crippen LogP contribution in [-0.4, -0.2) is 24.2 Å². The number of esters is 1. The van der Waals surface area contributed by atoms with Crippen molar-refractivity contribution in [2.75, 3.05) is 17.7 Å². The van der Waals surface area contributed by atoms with E-state index in [2.05, 4.69) is 5.32 Å². The van der Waals surface area contributed by atoms with Crippen LogP contribution in [0.25, 0.3) is 0 Å². The van der Waals surface area contributed by atoms with Gasteiger partial charge in [0.2, 0.25) is 0 Å². The molecule has 0 atom stereocenters. The molecule has 0 unspecified atom stereocenters. The fraction of sp³-hybridized carbons (Fsp3) is 0.176. The van der Waals surface area contributed by atoms with Crippen LogP contribution in [0, 0.1) is 17.5 Å². The fourth-order valence-corrected chi connectivity index (χ4v) is 2.98. The molecule has 0 saturated heterocycles. The Morgan fingerprint density at radius 1 is 1.15 bits per heavy atom. The van der Waals surface area contributed by atoms with Gasteiger partial charge >= 0.3 is 5.97 Å². The first-order chi connectivity index (χ1) is 12.3. The number of ether oxygens (including phenoxy) is 1. The Morgan fingerprint density at radius 2 is 1.81 bits per heavy atom. The molecule has 0 radical (unpaired) electrons. The highest BCUT2D eigenvalue weighted by Gasteiger charge is 2.15. The second-order valence-corrected chi connectivity index (χ2v) is 6.37. The normalized spacial score (nSPS) is 10.5. The van der Waals surface area contributed by atoms with E-state index < -0.39 is 29.3 Å². The van der Waals surface area contributed by atoms with Crippen LogP contribution in [0.4, 0.5) is 18.9 Å². The van der Waals surface area contributed by atoms with Crippen LogP contribution in [0.3, 0.4) is 0 Å². The Hall–Kier alpha value is -2.19. The number of hydrogen-bond acceptors (Lipinski definition) is 4. The smallest absolute Gasteiger partial charge is 0.316 e. The summed E-state index contributed by atoms with van der Waals surface area (Å²) in [6.07, 6.45) is 0. The van der Waals surface area contributed by atoms with Gasteiger partial charge in [0, 0.05) is 28.3 Å². The molecule has 0 aliphatic rings. The number of halogens is 4. The molecule has 138 valence electrons. The number of carbonyl (C=O) groups excluding carboxylic acids is 2. The van der Waals surface area contributed by atoms with Crippen molar-refractivity contribution >= 4 is 40.9 Å². The van der Waals surface area contributed by atoms with Crippen molar-refractivity contribution in [1.29, 1.82) is 0 Å². The van der Waals surface area contributed by atoms with Crippen molar-refractivity contribution in [2.24, 2.45) is 0 Å². The lowest BCUT2D eigenvalue weighted by Crippen LogP contribution is -2.13. The number of carbonyl (C=O) groups is 2. The van der Waals surface area contributed by atoms with Crippen molar-refractivity contribution in [3.63, 3.8) is 0 Å². The van der Waals surface area contributed by atoms with Crippen LogP contribution in [-0.2, 0) is 9.53 Å². The highest BCUT2D eigenvalue weighted by atomic mass is 35.5. The minimum Gasteiger partial charge on any atom is -0.465 e. The first kappa shape index (κ1) is 20.1. The molecule has 1 N–H and O–H groups in total. The lowest BCUT2D eigenvalue weighted by atomic mass is 10.2. The summed E-state index contributed by atoms with van der Waals surface area (Å²) in [4.78, 5) is 24.1. The molecule has 4 nitrogen and oxygen atoms in total. The van der Waals surface area contributed by atoms with Crippen LogP contribution >= 0.6 is 23.4 Å². The fourth-order valence-electron chi connectivity index (χ4n) is 1.93. The third-order valence-electron chi connectivity index (χ3n) is 3.09. The van der Waals surface area contributed by atoms with Gasteiger partial charge in [-0.1, -0.05) is 11.6 Å². The molecule has 0 saturated carbocycles. The summed E-state index contributed by atoms with van der Waals surface area (Å²) in [7, 11) is 0. The van der Waals surface area contributed by atoms with Gasteiger partial charge in [0.25, 0.3) is 5.91 Å². The molecule has 2 aromatic carbocycles. The molecule has 0 aromatic heterocycles. The molecule has 2 rings (SSSR count). The summed E-state index contributed by atoms with van der Waals surface area (Å²) in [5.74, 6) is -5.55. The number of anilines is 1. The zero-order valence-electron chi connectivity index (χ0n) is 13.4. The van der Waals surface area contributed by atoms with E-state index in [1.54, 1.807) is 6.92 Å². The third kappa shape index (κ3) is 5.15. The Balaban J connectivity index is 2.14. The molecule has 0 spiro atoms. The minimum atomic E-state index is -1.62. The first-order valence-electron chi connectivity index (χ1n) is 7.35. The van der Waals surface area contributed by atoms with Crippen molar-refractivity contribution in [3.8, 4) is 0 Å². The number of benzene rings is 2. The van der Waals surface area contributed by atoms with Crippen LogP contribution in [0.2, 0.25) is 5.02 Å². The van der Waals surface area contributed by atoms with Gasteiger partial charge in [0.1, 0.15) is 0 Å². The van der Waals surface area contributed by atoms with Gasteiger partial charge in [-0.15, -0.1) is 11.8 Å². The maximum Gasteiger partial charge on any atom is 0.316 e. The van der Waals surface area contributed by atoms with E-state index >= 15 is 0 Å². The SMILES string of the molecule is CCOC(=O)CSc1cc(C(=O)Nc2cc(F)c(F)c(F)c2)ccc1Cl. The summed E-state index contributed by atoms with van der Waals surface area (Å²) in [6.45, 7) is 1.93. The van der Waals surface area contributed by atoms with Crippen LogP contribution in [0.1, 0.15) is 17.3 Å². The summed E-state index contributed by atoms with van der Waals surface area (Å²) in [5, 5.41) is 2.60. The monoisotopic (exact) mass is 403 g/mol.